The minimum Gasteiger partial charge on any atom is -0.371 e. The molecular formula is C18H32N4O4. The summed E-state index contributed by atoms with van der Waals surface area (Å²) in [6.45, 7) is 9.67. The van der Waals surface area contributed by atoms with E-state index >= 15 is 0 Å². The summed E-state index contributed by atoms with van der Waals surface area (Å²) >= 11 is 0. The van der Waals surface area contributed by atoms with Crippen LogP contribution >= 0.6 is 0 Å². The van der Waals surface area contributed by atoms with Gasteiger partial charge in [0.1, 0.15) is 0 Å². The van der Waals surface area contributed by atoms with Crippen molar-refractivity contribution in [1.29, 1.82) is 0 Å². The lowest BCUT2D eigenvalue weighted by Crippen LogP contribution is -2.53. The Bertz CT molecular complexity index is 384. The Morgan fingerprint density at radius 2 is 0.731 bits per heavy atom. The summed E-state index contributed by atoms with van der Waals surface area (Å²) < 4.78 is 24.7. The van der Waals surface area contributed by atoms with Gasteiger partial charge in [0.25, 0.3) is 0 Å². The summed E-state index contributed by atoms with van der Waals surface area (Å²) in [6.07, 6.45) is -0.00110. The monoisotopic (exact) mass is 368 g/mol. The van der Waals surface area contributed by atoms with Crippen LogP contribution in [0.5, 0.6) is 0 Å². The third-order valence-electron chi connectivity index (χ3n) is 5.43. The molecule has 4 aliphatic rings. The van der Waals surface area contributed by atoms with Gasteiger partial charge in [-0.25, -0.2) is 0 Å². The highest BCUT2D eigenvalue weighted by Gasteiger charge is 2.37. The number of nitrogens with one attached hydrogen (secondary N) is 4. The molecule has 4 N–H and O–H groups in total. The molecule has 0 aromatic heterocycles. The first-order chi connectivity index (χ1) is 12.9. The maximum Gasteiger partial charge on any atom is 0.0939 e. The van der Waals surface area contributed by atoms with E-state index in [-0.39, 0.29) is 24.4 Å². The number of rotatable bonds is 4. The number of ether oxygens (including phenoxy) is 4. The van der Waals surface area contributed by atoms with Gasteiger partial charge in [-0.2, -0.15) is 0 Å². The molecule has 0 spiro atoms. The molecule has 0 radical (unpaired) electrons. The summed E-state index contributed by atoms with van der Waals surface area (Å²) in [5.41, 5.74) is 2.43. The summed E-state index contributed by atoms with van der Waals surface area (Å²) in [6, 6.07) is 0. The summed E-state index contributed by atoms with van der Waals surface area (Å²) in [5.74, 6) is 0. The van der Waals surface area contributed by atoms with Gasteiger partial charge in [0.05, 0.1) is 50.8 Å². The first-order valence-electron chi connectivity index (χ1n) is 9.96. The molecule has 4 heterocycles. The Labute approximate surface area is 155 Å². The fourth-order valence-electron chi connectivity index (χ4n) is 4.22. The van der Waals surface area contributed by atoms with Gasteiger partial charge in [-0.1, -0.05) is 0 Å². The van der Waals surface area contributed by atoms with E-state index in [0.717, 1.165) is 78.8 Å². The standard InChI is InChI=1S/C18H32N4O4/c1-5-23-13(9-19-1)17(14-10-20-2-6-24-14)18(15-11-21-3-7-25-15)16-12-22-4-8-26-16/h13-16,19-22H,1-12H2. The van der Waals surface area contributed by atoms with E-state index in [1.807, 2.05) is 0 Å². The van der Waals surface area contributed by atoms with Gasteiger partial charge >= 0.3 is 0 Å². The average Bonchev–Trinajstić information content (AvgIpc) is 2.74. The van der Waals surface area contributed by atoms with Crippen LogP contribution in [-0.4, -0.2) is 103 Å². The van der Waals surface area contributed by atoms with Gasteiger partial charge in [0.2, 0.25) is 0 Å². The van der Waals surface area contributed by atoms with E-state index in [2.05, 4.69) is 21.3 Å². The van der Waals surface area contributed by atoms with Gasteiger partial charge in [-0.3, -0.25) is 0 Å². The highest BCUT2D eigenvalue weighted by atomic mass is 16.5. The van der Waals surface area contributed by atoms with Crippen LogP contribution in [0.25, 0.3) is 0 Å². The Balaban J connectivity index is 1.70. The molecule has 0 saturated carbocycles. The normalized spacial score (nSPS) is 36.5. The lowest BCUT2D eigenvalue weighted by molar-refractivity contribution is -0.0203. The van der Waals surface area contributed by atoms with E-state index in [9.17, 15) is 0 Å². The Hall–Kier alpha value is -0.580. The average molecular weight is 368 g/mol. The predicted molar refractivity (Wildman–Crippen MR) is 97.5 cm³/mol. The van der Waals surface area contributed by atoms with Crippen molar-refractivity contribution in [3.8, 4) is 0 Å². The second kappa shape index (κ2) is 9.57. The van der Waals surface area contributed by atoms with E-state index in [1.54, 1.807) is 0 Å². The molecule has 0 aliphatic carbocycles. The van der Waals surface area contributed by atoms with E-state index in [0.29, 0.717) is 0 Å². The van der Waals surface area contributed by atoms with Gasteiger partial charge < -0.3 is 40.2 Å². The Morgan fingerprint density at radius 3 is 0.923 bits per heavy atom. The third-order valence-corrected chi connectivity index (χ3v) is 5.43. The van der Waals surface area contributed by atoms with Crippen LogP contribution in [0.1, 0.15) is 0 Å². The second-order valence-electron chi connectivity index (χ2n) is 7.16. The molecule has 4 aliphatic heterocycles. The van der Waals surface area contributed by atoms with Crippen LogP contribution < -0.4 is 21.3 Å². The van der Waals surface area contributed by atoms with Crippen molar-refractivity contribution < 1.29 is 18.9 Å². The molecule has 148 valence electrons. The minimum atomic E-state index is -0.000275. The summed E-state index contributed by atoms with van der Waals surface area (Å²) in [4.78, 5) is 0. The molecule has 26 heavy (non-hydrogen) atoms. The largest absolute Gasteiger partial charge is 0.371 e. The van der Waals surface area contributed by atoms with E-state index in [4.69, 9.17) is 18.9 Å². The highest BCUT2D eigenvalue weighted by Crippen LogP contribution is 2.29. The number of hydrogen-bond acceptors (Lipinski definition) is 8. The fourth-order valence-corrected chi connectivity index (χ4v) is 4.22. The zero-order valence-corrected chi connectivity index (χ0v) is 15.4. The Kier molecular flexibility index (Phi) is 6.90. The molecule has 4 saturated heterocycles. The SMILES string of the molecule is C1COC(C(=C(C2CNCCO2)C2CNCCO2)C2CNCCO2)CN1. The van der Waals surface area contributed by atoms with Gasteiger partial charge in [-0.05, 0) is 11.1 Å². The minimum absolute atomic E-state index is 0.000275. The topological polar surface area (TPSA) is 85.0 Å². The van der Waals surface area contributed by atoms with Crippen LogP contribution in [0.2, 0.25) is 0 Å². The van der Waals surface area contributed by atoms with Crippen LogP contribution in [0.4, 0.5) is 0 Å². The molecule has 0 amide bonds. The quantitative estimate of drug-likeness (QED) is 0.434. The van der Waals surface area contributed by atoms with Crippen molar-refractivity contribution in [1.82, 2.24) is 21.3 Å². The Morgan fingerprint density at radius 1 is 0.462 bits per heavy atom. The van der Waals surface area contributed by atoms with Crippen molar-refractivity contribution >= 4 is 0 Å². The molecule has 0 bridgehead atoms. The molecule has 0 aromatic rings. The molecule has 8 nitrogen and oxygen atoms in total. The molecule has 4 fully saturated rings. The molecular weight excluding hydrogens is 336 g/mol. The first-order valence-corrected chi connectivity index (χ1v) is 9.96. The molecule has 8 heteroatoms. The summed E-state index contributed by atoms with van der Waals surface area (Å²) in [5, 5.41) is 13.9. The van der Waals surface area contributed by atoms with Crippen molar-refractivity contribution in [2.75, 3.05) is 78.8 Å². The lowest BCUT2D eigenvalue weighted by atomic mass is 9.88. The van der Waals surface area contributed by atoms with E-state index in [1.165, 1.54) is 11.1 Å². The zero-order valence-electron chi connectivity index (χ0n) is 15.4. The van der Waals surface area contributed by atoms with Crippen LogP contribution in [0, 0.1) is 0 Å². The van der Waals surface area contributed by atoms with Crippen molar-refractivity contribution in [2.24, 2.45) is 0 Å². The molecule has 4 unspecified atom stereocenters. The lowest BCUT2D eigenvalue weighted by Gasteiger charge is -2.40. The van der Waals surface area contributed by atoms with Gasteiger partial charge in [0, 0.05) is 52.4 Å². The van der Waals surface area contributed by atoms with Crippen molar-refractivity contribution in [2.45, 2.75) is 24.4 Å². The third kappa shape index (κ3) is 4.45. The maximum absolute atomic E-state index is 6.18. The molecule has 4 atom stereocenters. The second-order valence-corrected chi connectivity index (χ2v) is 7.16. The van der Waals surface area contributed by atoms with Crippen LogP contribution in [0.15, 0.2) is 11.1 Å². The van der Waals surface area contributed by atoms with Crippen LogP contribution in [0.3, 0.4) is 0 Å². The maximum atomic E-state index is 6.18. The first kappa shape index (κ1) is 18.8. The van der Waals surface area contributed by atoms with Gasteiger partial charge in [-0.15, -0.1) is 0 Å². The molecule has 0 aromatic carbocycles. The molecule has 4 rings (SSSR count). The highest BCUT2D eigenvalue weighted by molar-refractivity contribution is 5.32. The fraction of sp³-hybridized carbons (Fsp3) is 0.889. The predicted octanol–water partition coefficient (Wildman–Crippen LogP) is -1.76. The van der Waals surface area contributed by atoms with Gasteiger partial charge in [0.15, 0.2) is 0 Å². The number of hydrogen-bond donors (Lipinski definition) is 4. The number of morpholine rings is 4. The zero-order chi connectivity index (χ0) is 17.6. The smallest absolute Gasteiger partial charge is 0.0939 e. The van der Waals surface area contributed by atoms with Crippen molar-refractivity contribution in [3.05, 3.63) is 11.1 Å². The van der Waals surface area contributed by atoms with Crippen molar-refractivity contribution in [3.63, 3.8) is 0 Å². The van der Waals surface area contributed by atoms with E-state index < -0.39 is 0 Å². The summed E-state index contributed by atoms with van der Waals surface area (Å²) in [7, 11) is 0. The van der Waals surface area contributed by atoms with Crippen LogP contribution in [-0.2, 0) is 18.9 Å².